The molecule has 0 aromatic heterocycles. The molecule has 1 aliphatic rings. The Labute approximate surface area is 140 Å². The van der Waals surface area contributed by atoms with Gasteiger partial charge in [-0.1, -0.05) is 36.4 Å². The molecule has 0 unspecified atom stereocenters. The van der Waals surface area contributed by atoms with E-state index in [0.717, 1.165) is 16.8 Å². The predicted molar refractivity (Wildman–Crippen MR) is 91.7 cm³/mol. The zero-order valence-corrected chi connectivity index (χ0v) is 14.0. The molecule has 0 bridgehead atoms. The number of rotatable bonds is 3. The lowest BCUT2D eigenvalue weighted by molar-refractivity contribution is -0.118. The molecule has 1 N–H and O–H groups in total. The SMILES string of the molecule is Cc1ccc(NC(=O)[C@@]2(c3ccccc3)CC2(Cl)Cl)cc1C. The Bertz CT molecular complexity index is 727. The first-order valence-corrected chi connectivity index (χ1v) is 7.94. The maximum atomic E-state index is 12.8. The van der Waals surface area contributed by atoms with E-state index in [1.54, 1.807) is 0 Å². The van der Waals surface area contributed by atoms with E-state index in [4.69, 9.17) is 23.2 Å². The summed E-state index contributed by atoms with van der Waals surface area (Å²) in [5.74, 6) is -0.160. The molecule has 4 heteroatoms. The highest BCUT2D eigenvalue weighted by Crippen LogP contribution is 2.65. The highest BCUT2D eigenvalue weighted by Gasteiger charge is 2.72. The van der Waals surface area contributed by atoms with Crippen LogP contribution in [0.5, 0.6) is 0 Å². The van der Waals surface area contributed by atoms with E-state index in [9.17, 15) is 4.79 Å². The molecular weight excluding hydrogens is 317 g/mol. The molecule has 22 heavy (non-hydrogen) atoms. The minimum atomic E-state index is -1.06. The van der Waals surface area contributed by atoms with Gasteiger partial charge in [0.1, 0.15) is 9.75 Å². The van der Waals surface area contributed by atoms with E-state index in [2.05, 4.69) is 5.32 Å². The van der Waals surface area contributed by atoms with Crippen LogP contribution in [0.25, 0.3) is 0 Å². The highest BCUT2D eigenvalue weighted by atomic mass is 35.5. The Kier molecular flexibility index (Phi) is 3.70. The van der Waals surface area contributed by atoms with Crippen molar-refractivity contribution in [3.8, 4) is 0 Å². The van der Waals surface area contributed by atoms with Crippen LogP contribution in [0, 0.1) is 13.8 Å². The number of nitrogens with one attached hydrogen (secondary N) is 1. The quantitative estimate of drug-likeness (QED) is 0.806. The van der Waals surface area contributed by atoms with Gasteiger partial charge >= 0.3 is 0 Å². The molecule has 2 aromatic carbocycles. The molecule has 2 aromatic rings. The molecule has 114 valence electrons. The standard InChI is InChI=1S/C18H17Cl2NO/c1-12-8-9-15(10-13(12)2)21-16(22)17(11-18(17,19)20)14-6-4-3-5-7-14/h3-10H,11H2,1-2H3,(H,21,22)/t17-/m0/s1. The van der Waals surface area contributed by atoms with Crippen LogP contribution in [0.15, 0.2) is 48.5 Å². The Balaban J connectivity index is 1.91. The van der Waals surface area contributed by atoms with Gasteiger partial charge in [0.2, 0.25) is 5.91 Å². The largest absolute Gasteiger partial charge is 0.325 e. The highest BCUT2D eigenvalue weighted by molar-refractivity contribution is 6.54. The molecule has 3 rings (SSSR count). The van der Waals surface area contributed by atoms with E-state index < -0.39 is 9.75 Å². The van der Waals surface area contributed by atoms with Crippen molar-refractivity contribution in [2.75, 3.05) is 5.32 Å². The van der Waals surface area contributed by atoms with Crippen molar-refractivity contribution in [2.24, 2.45) is 0 Å². The van der Waals surface area contributed by atoms with Crippen LogP contribution in [-0.4, -0.2) is 10.2 Å². The van der Waals surface area contributed by atoms with E-state index >= 15 is 0 Å². The van der Waals surface area contributed by atoms with Crippen LogP contribution in [0.4, 0.5) is 5.69 Å². The molecule has 1 fully saturated rings. The summed E-state index contributed by atoms with van der Waals surface area (Å²) in [7, 11) is 0. The van der Waals surface area contributed by atoms with Gasteiger partial charge < -0.3 is 5.32 Å². The number of hydrogen-bond donors (Lipinski definition) is 1. The van der Waals surface area contributed by atoms with Gasteiger partial charge in [0.25, 0.3) is 0 Å². The first-order chi connectivity index (χ1) is 10.4. The minimum Gasteiger partial charge on any atom is -0.325 e. The first-order valence-electron chi connectivity index (χ1n) is 7.19. The number of carbonyl (C=O) groups is 1. The number of alkyl halides is 2. The number of anilines is 1. The third-order valence-corrected chi connectivity index (χ3v) is 5.32. The second-order valence-electron chi connectivity index (χ2n) is 5.91. The van der Waals surface area contributed by atoms with Gasteiger partial charge in [0, 0.05) is 12.1 Å². The molecular formula is C18H17Cl2NO. The molecule has 1 aliphatic carbocycles. The average molecular weight is 334 g/mol. The first kappa shape index (κ1) is 15.4. The normalized spacial score (nSPS) is 22.2. The zero-order valence-electron chi connectivity index (χ0n) is 12.5. The lowest BCUT2D eigenvalue weighted by atomic mass is 9.94. The van der Waals surface area contributed by atoms with Gasteiger partial charge in [-0.15, -0.1) is 23.2 Å². The second-order valence-corrected chi connectivity index (χ2v) is 7.39. The number of carbonyl (C=O) groups excluding carboxylic acids is 1. The van der Waals surface area contributed by atoms with Crippen molar-refractivity contribution in [2.45, 2.75) is 30.0 Å². The summed E-state index contributed by atoms with van der Waals surface area (Å²) < 4.78 is -1.06. The molecule has 0 radical (unpaired) electrons. The summed E-state index contributed by atoms with van der Waals surface area (Å²) >= 11 is 12.6. The van der Waals surface area contributed by atoms with Gasteiger partial charge in [-0.25, -0.2) is 0 Å². The number of amides is 1. The predicted octanol–water partition coefficient (Wildman–Crippen LogP) is 4.76. The molecule has 1 saturated carbocycles. The fourth-order valence-corrected chi connectivity index (χ4v) is 3.55. The summed E-state index contributed by atoms with van der Waals surface area (Å²) in [5.41, 5.74) is 3.05. The Hall–Kier alpha value is -1.51. The maximum absolute atomic E-state index is 12.8. The van der Waals surface area contributed by atoms with Crippen LogP contribution >= 0.6 is 23.2 Å². The smallest absolute Gasteiger partial charge is 0.238 e. The summed E-state index contributed by atoms with van der Waals surface area (Å²) in [6, 6.07) is 15.3. The van der Waals surface area contributed by atoms with E-state index in [-0.39, 0.29) is 5.91 Å². The van der Waals surface area contributed by atoms with Crippen LogP contribution in [-0.2, 0) is 10.2 Å². The lowest BCUT2D eigenvalue weighted by Gasteiger charge is -2.19. The summed E-state index contributed by atoms with van der Waals surface area (Å²) in [5, 5.41) is 2.96. The Morgan fingerprint density at radius 3 is 2.23 bits per heavy atom. The Morgan fingerprint density at radius 2 is 1.68 bits per heavy atom. The van der Waals surface area contributed by atoms with Crippen molar-refractivity contribution >= 4 is 34.8 Å². The lowest BCUT2D eigenvalue weighted by Crippen LogP contribution is -2.32. The Morgan fingerprint density at radius 1 is 1.05 bits per heavy atom. The summed E-state index contributed by atoms with van der Waals surface area (Å²) in [6.45, 7) is 4.05. The van der Waals surface area contributed by atoms with Gasteiger partial charge in [-0.05, 0) is 42.7 Å². The van der Waals surface area contributed by atoms with Gasteiger partial charge in [-0.2, -0.15) is 0 Å². The van der Waals surface area contributed by atoms with Crippen LogP contribution < -0.4 is 5.32 Å². The second kappa shape index (κ2) is 5.29. The van der Waals surface area contributed by atoms with Crippen LogP contribution in [0.1, 0.15) is 23.1 Å². The van der Waals surface area contributed by atoms with Crippen LogP contribution in [0.2, 0.25) is 0 Å². The van der Waals surface area contributed by atoms with E-state index in [1.165, 1.54) is 5.56 Å². The summed E-state index contributed by atoms with van der Waals surface area (Å²) in [4.78, 5) is 12.8. The summed E-state index contributed by atoms with van der Waals surface area (Å²) in [6.07, 6.45) is 0.420. The van der Waals surface area contributed by atoms with Crippen molar-refractivity contribution < 1.29 is 4.79 Å². The van der Waals surface area contributed by atoms with Crippen molar-refractivity contribution in [1.29, 1.82) is 0 Å². The molecule has 0 spiro atoms. The third-order valence-electron chi connectivity index (χ3n) is 4.41. The molecule has 1 amide bonds. The monoisotopic (exact) mass is 333 g/mol. The third kappa shape index (κ3) is 2.41. The number of hydrogen-bond acceptors (Lipinski definition) is 1. The molecule has 2 nitrogen and oxygen atoms in total. The van der Waals surface area contributed by atoms with E-state index in [0.29, 0.717) is 6.42 Å². The molecule has 0 saturated heterocycles. The minimum absolute atomic E-state index is 0.160. The van der Waals surface area contributed by atoms with Crippen molar-refractivity contribution in [3.05, 3.63) is 65.2 Å². The van der Waals surface area contributed by atoms with Gasteiger partial charge in [0.15, 0.2) is 0 Å². The van der Waals surface area contributed by atoms with Crippen molar-refractivity contribution in [3.63, 3.8) is 0 Å². The van der Waals surface area contributed by atoms with Crippen LogP contribution in [0.3, 0.4) is 0 Å². The van der Waals surface area contributed by atoms with Crippen molar-refractivity contribution in [1.82, 2.24) is 0 Å². The van der Waals surface area contributed by atoms with E-state index in [1.807, 2.05) is 62.4 Å². The topological polar surface area (TPSA) is 29.1 Å². The average Bonchev–Trinajstić information content (AvgIpc) is 3.08. The zero-order chi connectivity index (χ0) is 16.0. The maximum Gasteiger partial charge on any atom is 0.238 e. The fraction of sp³-hybridized carbons (Fsp3) is 0.278. The van der Waals surface area contributed by atoms with Gasteiger partial charge in [-0.3, -0.25) is 4.79 Å². The number of benzene rings is 2. The number of halogens is 2. The fourth-order valence-electron chi connectivity index (χ4n) is 2.76. The van der Waals surface area contributed by atoms with Gasteiger partial charge in [0.05, 0.1) is 0 Å². The molecule has 0 aliphatic heterocycles. The molecule has 1 atom stereocenters. The molecule has 0 heterocycles. The number of aryl methyl sites for hydroxylation is 2.